The van der Waals surface area contributed by atoms with Gasteiger partial charge in [0.2, 0.25) is 5.91 Å². The van der Waals surface area contributed by atoms with Gasteiger partial charge in [0.25, 0.3) is 0 Å². The van der Waals surface area contributed by atoms with E-state index in [1.807, 2.05) is 0 Å². The van der Waals surface area contributed by atoms with E-state index in [1.54, 1.807) is 12.2 Å². The van der Waals surface area contributed by atoms with E-state index >= 15 is 0 Å². The van der Waals surface area contributed by atoms with E-state index in [0.717, 1.165) is 25.7 Å². The van der Waals surface area contributed by atoms with Crippen LogP contribution in [0.2, 0.25) is 0 Å². The molecule has 19 heavy (non-hydrogen) atoms. The first-order valence-corrected chi connectivity index (χ1v) is 7.03. The molecule has 5 nitrogen and oxygen atoms in total. The summed E-state index contributed by atoms with van der Waals surface area (Å²) < 4.78 is 0. The Morgan fingerprint density at radius 3 is 2.63 bits per heavy atom. The number of hydrogen-bond acceptors (Lipinski definition) is 3. The van der Waals surface area contributed by atoms with Gasteiger partial charge in [0.15, 0.2) is 0 Å². The third kappa shape index (κ3) is 3.35. The third-order valence-corrected chi connectivity index (χ3v) is 4.28. The van der Waals surface area contributed by atoms with Gasteiger partial charge >= 0.3 is 5.97 Å². The van der Waals surface area contributed by atoms with E-state index in [1.165, 1.54) is 0 Å². The second kappa shape index (κ2) is 6.19. The quantitative estimate of drug-likeness (QED) is 0.659. The monoisotopic (exact) mass is 266 g/mol. The van der Waals surface area contributed by atoms with E-state index in [4.69, 9.17) is 10.8 Å². The van der Waals surface area contributed by atoms with Crippen LogP contribution in [-0.2, 0) is 9.59 Å². The fraction of sp³-hybridized carbons (Fsp3) is 0.714. The van der Waals surface area contributed by atoms with Gasteiger partial charge < -0.3 is 16.2 Å². The smallest absolute Gasteiger partial charge is 0.310 e. The Hall–Kier alpha value is -1.36. The zero-order valence-corrected chi connectivity index (χ0v) is 11.0. The molecule has 0 spiro atoms. The molecule has 0 radical (unpaired) electrons. The standard InChI is InChI=1S/C14H22N2O3/c15-8-10-3-1-2-4-12(10)13(17)16-11-6-5-9(7-11)14(18)19/h5-6,9-12H,1-4,7-8,15H2,(H,16,17)(H,18,19). The van der Waals surface area contributed by atoms with Gasteiger partial charge in [0, 0.05) is 12.0 Å². The first-order valence-electron chi connectivity index (χ1n) is 7.03. The molecule has 0 saturated heterocycles. The van der Waals surface area contributed by atoms with E-state index in [0.29, 0.717) is 13.0 Å². The summed E-state index contributed by atoms with van der Waals surface area (Å²) in [6.07, 6.45) is 8.05. The predicted molar refractivity (Wildman–Crippen MR) is 71.3 cm³/mol. The summed E-state index contributed by atoms with van der Waals surface area (Å²) in [6, 6.07) is -0.144. The Labute approximate surface area is 113 Å². The van der Waals surface area contributed by atoms with Crippen molar-refractivity contribution in [3.05, 3.63) is 12.2 Å². The zero-order valence-electron chi connectivity index (χ0n) is 11.0. The van der Waals surface area contributed by atoms with Crippen LogP contribution < -0.4 is 11.1 Å². The third-order valence-electron chi connectivity index (χ3n) is 4.28. The summed E-state index contributed by atoms with van der Waals surface area (Å²) in [5.41, 5.74) is 5.73. The maximum Gasteiger partial charge on any atom is 0.310 e. The SMILES string of the molecule is NCC1CCCCC1C(=O)NC1C=CC(C(=O)O)C1. The molecule has 2 aliphatic carbocycles. The normalized spacial score (nSPS) is 34.2. The van der Waals surface area contributed by atoms with Crippen LogP contribution in [0.4, 0.5) is 0 Å². The van der Waals surface area contributed by atoms with Gasteiger partial charge in [-0.25, -0.2) is 0 Å². The van der Waals surface area contributed by atoms with Crippen LogP contribution in [0.3, 0.4) is 0 Å². The van der Waals surface area contributed by atoms with Gasteiger partial charge in [0.1, 0.15) is 0 Å². The van der Waals surface area contributed by atoms with Gasteiger partial charge in [-0.05, 0) is 31.7 Å². The minimum absolute atomic E-state index is 0.00368. The molecule has 2 rings (SSSR count). The summed E-state index contributed by atoms with van der Waals surface area (Å²) in [5, 5.41) is 11.9. The number of nitrogens with one attached hydrogen (secondary N) is 1. The molecule has 1 saturated carbocycles. The molecule has 5 heteroatoms. The lowest BCUT2D eigenvalue weighted by Crippen LogP contribution is -2.43. The number of aliphatic carboxylic acids is 1. The molecule has 1 fully saturated rings. The summed E-state index contributed by atoms with van der Waals surface area (Å²) in [7, 11) is 0. The van der Waals surface area contributed by atoms with Gasteiger partial charge in [-0.15, -0.1) is 0 Å². The lowest BCUT2D eigenvalue weighted by Gasteiger charge is -2.30. The molecule has 0 bridgehead atoms. The second-order valence-electron chi connectivity index (χ2n) is 5.57. The molecule has 0 aromatic heterocycles. The number of carboxylic acids is 1. The average Bonchev–Trinajstić information content (AvgIpc) is 2.87. The number of carbonyl (C=O) groups excluding carboxylic acids is 1. The van der Waals surface area contributed by atoms with Crippen molar-refractivity contribution in [3.63, 3.8) is 0 Å². The first kappa shape index (κ1) is 14.1. The second-order valence-corrected chi connectivity index (χ2v) is 5.57. The largest absolute Gasteiger partial charge is 0.481 e. The summed E-state index contributed by atoms with van der Waals surface area (Å²) in [6.45, 7) is 0.552. The van der Waals surface area contributed by atoms with E-state index in [-0.39, 0.29) is 23.8 Å². The maximum absolute atomic E-state index is 12.3. The van der Waals surface area contributed by atoms with Crippen molar-refractivity contribution in [1.82, 2.24) is 5.32 Å². The molecule has 106 valence electrons. The van der Waals surface area contributed by atoms with Crippen molar-refractivity contribution in [1.29, 1.82) is 0 Å². The number of amides is 1. The molecule has 4 N–H and O–H groups in total. The molecule has 0 aliphatic heterocycles. The molecule has 0 aromatic rings. The Kier molecular flexibility index (Phi) is 4.58. The molecular formula is C14H22N2O3. The highest BCUT2D eigenvalue weighted by atomic mass is 16.4. The summed E-state index contributed by atoms with van der Waals surface area (Å²) in [5.74, 6) is -0.992. The number of nitrogens with two attached hydrogens (primary N) is 1. The van der Waals surface area contributed by atoms with Crippen LogP contribution in [0, 0.1) is 17.8 Å². The summed E-state index contributed by atoms with van der Waals surface area (Å²) >= 11 is 0. The number of carboxylic acid groups (broad SMARTS) is 1. The van der Waals surface area contributed by atoms with Gasteiger partial charge in [-0.1, -0.05) is 25.0 Å². The van der Waals surface area contributed by atoms with Crippen molar-refractivity contribution in [3.8, 4) is 0 Å². The maximum atomic E-state index is 12.3. The number of rotatable bonds is 4. The van der Waals surface area contributed by atoms with E-state index in [2.05, 4.69) is 5.32 Å². The van der Waals surface area contributed by atoms with Gasteiger partial charge in [-0.2, -0.15) is 0 Å². The lowest BCUT2D eigenvalue weighted by atomic mass is 9.78. The Morgan fingerprint density at radius 1 is 1.26 bits per heavy atom. The minimum Gasteiger partial charge on any atom is -0.481 e. The predicted octanol–water partition coefficient (Wildman–Crippen LogP) is 0.897. The van der Waals surface area contributed by atoms with Crippen molar-refractivity contribution in [2.75, 3.05) is 6.54 Å². The van der Waals surface area contributed by atoms with Crippen molar-refractivity contribution in [2.24, 2.45) is 23.5 Å². The Bertz CT molecular complexity index is 381. The zero-order chi connectivity index (χ0) is 13.8. The highest BCUT2D eigenvalue weighted by Gasteiger charge is 2.32. The molecule has 0 heterocycles. The fourth-order valence-corrected chi connectivity index (χ4v) is 3.11. The van der Waals surface area contributed by atoms with Crippen molar-refractivity contribution in [2.45, 2.75) is 38.1 Å². The molecule has 0 aromatic carbocycles. The van der Waals surface area contributed by atoms with Crippen molar-refractivity contribution < 1.29 is 14.7 Å². The highest BCUT2D eigenvalue weighted by Crippen LogP contribution is 2.30. The first-order chi connectivity index (χ1) is 9.11. The number of hydrogen-bond donors (Lipinski definition) is 3. The van der Waals surface area contributed by atoms with E-state index in [9.17, 15) is 9.59 Å². The van der Waals surface area contributed by atoms with Crippen LogP contribution in [0.25, 0.3) is 0 Å². The fourth-order valence-electron chi connectivity index (χ4n) is 3.11. The lowest BCUT2D eigenvalue weighted by molar-refractivity contribution is -0.140. The van der Waals surface area contributed by atoms with Crippen LogP contribution in [0.5, 0.6) is 0 Å². The molecule has 1 amide bonds. The molecule has 2 aliphatic rings. The number of carbonyl (C=O) groups is 2. The Balaban J connectivity index is 1.87. The van der Waals surface area contributed by atoms with Crippen molar-refractivity contribution >= 4 is 11.9 Å². The Morgan fingerprint density at radius 2 is 2.00 bits per heavy atom. The van der Waals surface area contributed by atoms with Crippen LogP contribution in [0.15, 0.2) is 12.2 Å². The highest BCUT2D eigenvalue weighted by molar-refractivity contribution is 5.80. The van der Waals surface area contributed by atoms with Crippen LogP contribution >= 0.6 is 0 Å². The van der Waals surface area contributed by atoms with E-state index < -0.39 is 11.9 Å². The van der Waals surface area contributed by atoms with Crippen LogP contribution in [0.1, 0.15) is 32.1 Å². The molecule has 4 unspecified atom stereocenters. The minimum atomic E-state index is -0.828. The average molecular weight is 266 g/mol. The molecule has 4 atom stereocenters. The van der Waals surface area contributed by atoms with Gasteiger partial charge in [-0.3, -0.25) is 9.59 Å². The van der Waals surface area contributed by atoms with Gasteiger partial charge in [0.05, 0.1) is 5.92 Å². The van der Waals surface area contributed by atoms with Crippen LogP contribution in [-0.4, -0.2) is 29.6 Å². The molecular weight excluding hydrogens is 244 g/mol. The topological polar surface area (TPSA) is 92.4 Å². The summed E-state index contributed by atoms with van der Waals surface area (Å²) in [4.78, 5) is 23.1.